The lowest BCUT2D eigenvalue weighted by atomic mass is 10.3. The summed E-state index contributed by atoms with van der Waals surface area (Å²) in [6.45, 7) is 1.43. The van der Waals surface area contributed by atoms with E-state index >= 15 is 0 Å². The van der Waals surface area contributed by atoms with Crippen LogP contribution >= 0.6 is 0 Å². The molecule has 4 nitrogen and oxygen atoms in total. The topological polar surface area (TPSA) is 62.0 Å². The van der Waals surface area contributed by atoms with Gasteiger partial charge < -0.3 is 5.11 Å². The van der Waals surface area contributed by atoms with Crippen molar-refractivity contribution in [2.24, 2.45) is 9.98 Å². The predicted octanol–water partition coefficient (Wildman–Crippen LogP) is 0.411. The second kappa shape index (κ2) is 3.52. The van der Waals surface area contributed by atoms with Crippen LogP contribution in [0, 0.1) is 0 Å². The maximum atomic E-state index is 11.4. The SMILES string of the molecule is CC(O)=C=C1N=c2ccccc2=NC1=O. The minimum atomic E-state index is -0.484. The van der Waals surface area contributed by atoms with Crippen LogP contribution in [0.2, 0.25) is 0 Å². The molecule has 0 saturated heterocycles. The Balaban J connectivity index is 2.78. The highest BCUT2D eigenvalue weighted by molar-refractivity contribution is 5.94. The number of benzene rings is 1. The highest BCUT2D eigenvalue weighted by Gasteiger charge is 2.10. The Morgan fingerprint density at radius 1 is 1.27 bits per heavy atom. The normalized spacial score (nSPS) is 13.4. The number of fused-ring (bicyclic) bond motifs is 1. The smallest absolute Gasteiger partial charge is 0.304 e. The Morgan fingerprint density at radius 3 is 2.47 bits per heavy atom. The van der Waals surface area contributed by atoms with Gasteiger partial charge in [-0.25, -0.2) is 9.98 Å². The fraction of sp³-hybridized carbons (Fsp3) is 0.0909. The van der Waals surface area contributed by atoms with Gasteiger partial charge >= 0.3 is 5.91 Å². The summed E-state index contributed by atoms with van der Waals surface area (Å²) in [6.07, 6.45) is 0. The van der Waals surface area contributed by atoms with Crippen LogP contribution in [0.15, 0.2) is 51.4 Å². The van der Waals surface area contributed by atoms with Gasteiger partial charge in [0.05, 0.1) is 10.7 Å². The second-order valence-corrected chi connectivity index (χ2v) is 3.08. The van der Waals surface area contributed by atoms with E-state index in [0.29, 0.717) is 10.7 Å². The molecule has 1 N–H and O–H groups in total. The third-order valence-electron chi connectivity index (χ3n) is 1.84. The summed E-state index contributed by atoms with van der Waals surface area (Å²) in [7, 11) is 0. The molecule has 4 heteroatoms. The third kappa shape index (κ3) is 1.85. The molecule has 2 rings (SSSR count). The van der Waals surface area contributed by atoms with E-state index in [0.717, 1.165) is 0 Å². The van der Waals surface area contributed by atoms with Crippen molar-refractivity contribution in [1.29, 1.82) is 0 Å². The van der Waals surface area contributed by atoms with E-state index in [1.54, 1.807) is 24.3 Å². The van der Waals surface area contributed by atoms with E-state index in [1.807, 2.05) is 0 Å². The molecule has 0 atom stereocenters. The Morgan fingerprint density at radius 2 is 1.87 bits per heavy atom. The van der Waals surface area contributed by atoms with Gasteiger partial charge in [-0.05, 0) is 17.9 Å². The largest absolute Gasteiger partial charge is 0.505 e. The van der Waals surface area contributed by atoms with Gasteiger partial charge in [0.1, 0.15) is 5.76 Å². The van der Waals surface area contributed by atoms with Crippen LogP contribution in [0.3, 0.4) is 0 Å². The number of amides is 1. The molecular formula is C11H8N2O2. The summed E-state index contributed by atoms with van der Waals surface area (Å²) in [5.74, 6) is -0.571. The quantitative estimate of drug-likeness (QED) is 0.374. The van der Waals surface area contributed by atoms with Crippen LogP contribution < -0.4 is 10.7 Å². The van der Waals surface area contributed by atoms with Gasteiger partial charge in [0.25, 0.3) is 0 Å². The minimum Gasteiger partial charge on any atom is -0.505 e. The number of hydrogen-bond donors (Lipinski definition) is 1. The summed E-state index contributed by atoms with van der Waals surface area (Å²) in [5.41, 5.74) is 2.49. The van der Waals surface area contributed by atoms with Crippen molar-refractivity contribution in [3.63, 3.8) is 0 Å². The van der Waals surface area contributed by atoms with Crippen LogP contribution in [0.25, 0.3) is 0 Å². The number of carbonyl (C=O) groups excluding carboxylic acids is 1. The fourth-order valence-electron chi connectivity index (χ4n) is 1.24. The lowest BCUT2D eigenvalue weighted by molar-refractivity contribution is -0.114. The molecular weight excluding hydrogens is 192 g/mol. The number of nitrogens with zero attached hydrogens (tertiary/aromatic N) is 2. The van der Waals surface area contributed by atoms with Crippen molar-refractivity contribution in [1.82, 2.24) is 0 Å². The Hall–Kier alpha value is -2.19. The Kier molecular flexibility index (Phi) is 2.20. The molecule has 15 heavy (non-hydrogen) atoms. The summed E-state index contributed by atoms with van der Waals surface area (Å²) >= 11 is 0. The van der Waals surface area contributed by atoms with Crippen molar-refractivity contribution in [3.05, 3.63) is 52.2 Å². The van der Waals surface area contributed by atoms with Gasteiger partial charge in [-0.15, -0.1) is 0 Å². The summed E-state index contributed by atoms with van der Waals surface area (Å²) in [5, 5.41) is 10.2. The molecule has 0 radical (unpaired) electrons. The van der Waals surface area contributed by atoms with Crippen LogP contribution in [-0.2, 0) is 4.79 Å². The average Bonchev–Trinajstić information content (AvgIpc) is 2.18. The van der Waals surface area contributed by atoms with Gasteiger partial charge in [-0.3, -0.25) is 4.79 Å². The van der Waals surface area contributed by atoms with Crippen molar-refractivity contribution in [3.8, 4) is 0 Å². The maximum absolute atomic E-state index is 11.4. The summed E-state index contributed by atoms with van der Waals surface area (Å²) < 4.78 is 0. The standard InChI is InChI=1S/C11H8N2O2/c1-7(14)6-10-11(15)13-9-5-3-2-4-8(9)12-10/h2-5,14H,1H3. The van der Waals surface area contributed by atoms with E-state index in [2.05, 4.69) is 15.7 Å². The van der Waals surface area contributed by atoms with Crippen LogP contribution in [-0.4, -0.2) is 11.0 Å². The van der Waals surface area contributed by atoms with E-state index in [-0.39, 0.29) is 11.5 Å². The molecule has 1 heterocycles. The molecule has 1 aromatic carbocycles. The molecule has 74 valence electrons. The monoisotopic (exact) mass is 200 g/mol. The number of carbonyl (C=O) groups is 1. The lowest BCUT2D eigenvalue weighted by Gasteiger charge is -1.98. The fourth-order valence-corrected chi connectivity index (χ4v) is 1.24. The van der Waals surface area contributed by atoms with Crippen LogP contribution in [0.1, 0.15) is 6.92 Å². The molecule has 1 amide bonds. The molecule has 1 aliphatic rings. The first-order valence-corrected chi connectivity index (χ1v) is 4.40. The van der Waals surface area contributed by atoms with Crippen molar-refractivity contribution in [2.75, 3.05) is 0 Å². The third-order valence-corrected chi connectivity index (χ3v) is 1.84. The first-order valence-electron chi connectivity index (χ1n) is 4.40. The zero-order valence-electron chi connectivity index (χ0n) is 8.06. The van der Waals surface area contributed by atoms with Gasteiger partial charge in [-0.1, -0.05) is 12.1 Å². The zero-order valence-corrected chi connectivity index (χ0v) is 8.06. The lowest BCUT2D eigenvalue weighted by Crippen LogP contribution is -2.30. The van der Waals surface area contributed by atoms with E-state index < -0.39 is 5.91 Å². The predicted molar refractivity (Wildman–Crippen MR) is 52.6 cm³/mol. The van der Waals surface area contributed by atoms with Gasteiger partial charge in [0, 0.05) is 6.92 Å². The number of rotatable bonds is 0. The number of aliphatic hydroxyl groups excluding tert-OH is 1. The van der Waals surface area contributed by atoms with Crippen molar-refractivity contribution >= 4 is 5.91 Å². The molecule has 0 aromatic heterocycles. The van der Waals surface area contributed by atoms with Crippen LogP contribution in [0.4, 0.5) is 0 Å². The Labute approximate surface area is 85.6 Å². The van der Waals surface area contributed by atoms with E-state index in [1.165, 1.54) is 6.92 Å². The first-order chi connectivity index (χ1) is 7.16. The minimum absolute atomic E-state index is 0.0358. The number of aliphatic hydroxyl groups is 1. The molecule has 1 aromatic rings. The summed E-state index contributed by atoms with van der Waals surface area (Å²) in [6, 6.07) is 7.05. The first kappa shape index (κ1) is 9.37. The molecule has 0 unspecified atom stereocenters. The maximum Gasteiger partial charge on any atom is 0.304 e. The molecule has 0 fully saturated rings. The van der Waals surface area contributed by atoms with E-state index in [9.17, 15) is 4.79 Å². The van der Waals surface area contributed by atoms with Gasteiger partial charge in [0.15, 0.2) is 5.70 Å². The number of para-hydroxylation sites is 2. The highest BCUT2D eigenvalue weighted by atomic mass is 16.3. The second-order valence-electron chi connectivity index (χ2n) is 3.08. The molecule has 0 spiro atoms. The zero-order chi connectivity index (χ0) is 10.8. The Bertz CT molecular complexity index is 604. The molecule has 0 bridgehead atoms. The van der Waals surface area contributed by atoms with Crippen molar-refractivity contribution < 1.29 is 9.90 Å². The van der Waals surface area contributed by atoms with E-state index in [4.69, 9.17) is 5.11 Å². The van der Waals surface area contributed by atoms with Crippen molar-refractivity contribution in [2.45, 2.75) is 6.92 Å². The molecule has 0 aliphatic carbocycles. The highest BCUT2D eigenvalue weighted by Crippen LogP contribution is 2.00. The summed E-state index contributed by atoms with van der Waals surface area (Å²) in [4.78, 5) is 19.3. The van der Waals surface area contributed by atoms with Gasteiger partial charge in [0.2, 0.25) is 0 Å². The van der Waals surface area contributed by atoms with Crippen LogP contribution in [0.5, 0.6) is 0 Å². The average molecular weight is 200 g/mol. The number of hydrogen-bond acceptors (Lipinski definition) is 3. The van der Waals surface area contributed by atoms with Gasteiger partial charge in [-0.2, -0.15) is 0 Å². The molecule has 1 aliphatic heterocycles. The molecule has 0 saturated carbocycles.